The van der Waals surface area contributed by atoms with Crippen molar-refractivity contribution in [3.05, 3.63) is 39.0 Å². The van der Waals surface area contributed by atoms with E-state index in [9.17, 15) is 4.79 Å². The van der Waals surface area contributed by atoms with E-state index in [1.54, 1.807) is 12.1 Å². The van der Waals surface area contributed by atoms with E-state index in [1.807, 2.05) is 18.4 Å². The van der Waals surface area contributed by atoms with Crippen LogP contribution in [0.2, 0.25) is 5.02 Å². The summed E-state index contributed by atoms with van der Waals surface area (Å²) < 4.78 is 10.4. The number of benzene rings is 1. The van der Waals surface area contributed by atoms with Gasteiger partial charge in [-0.3, -0.25) is 4.79 Å². The molecule has 1 aromatic carbocycles. The number of carbonyl (C=O) groups excluding carboxylic acids is 1. The van der Waals surface area contributed by atoms with Crippen LogP contribution < -0.4 is 14.8 Å². The van der Waals surface area contributed by atoms with Crippen LogP contribution in [-0.2, 0) is 0 Å². The average Bonchev–Trinajstić information content (AvgIpc) is 2.85. The number of carbonyl (C=O) groups is 1. The Balaban J connectivity index is 2.31. The number of ether oxygens (including phenoxy) is 2. The molecule has 2 rings (SSSR count). The number of amides is 1. The molecular formula is C14H14ClNO3S. The second-order valence-electron chi connectivity index (χ2n) is 4.07. The van der Waals surface area contributed by atoms with Crippen molar-refractivity contribution in [3.8, 4) is 11.5 Å². The van der Waals surface area contributed by atoms with E-state index in [0.717, 1.165) is 5.56 Å². The van der Waals surface area contributed by atoms with Gasteiger partial charge in [0.05, 0.1) is 29.8 Å². The van der Waals surface area contributed by atoms with Gasteiger partial charge in [0.15, 0.2) is 0 Å². The van der Waals surface area contributed by atoms with Gasteiger partial charge in [0, 0.05) is 6.07 Å². The molecule has 4 nitrogen and oxygen atoms in total. The van der Waals surface area contributed by atoms with Crippen molar-refractivity contribution in [1.29, 1.82) is 0 Å². The van der Waals surface area contributed by atoms with Crippen LogP contribution in [0.25, 0.3) is 0 Å². The molecule has 20 heavy (non-hydrogen) atoms. The molecule has 0 bridgehead atoms. The lowest BCUT2D eigenvalue weighted by molar-refractivity contribution is 0.102. The molecule has 0 radical (unpaired) electrons. The minimum atomic E-state index is -0.183. The molecule has 0 saturated heterocycles. The van der Waals surface area contributed by atoms with Crippen LogP contribution in [0, 0.1) is 6.92 Å². The number of nitrogens with one attached hydrogen (secondary N) is 1. The third-order valence-corrected chi connectivity index (χ3v) is 4.10. The molecule has 1 aromatic heterocycles. The fourth-order valence-electron chi connectivity index (χ4n) is 1.74. The van der Waals surface area contributed by atoms with Gasteiger partial charge in [0.25, 0.3) is 5.91 Å². The third-order valence-electron chi connectivity index (χ3n) is 2.79. The van der Waals surface area contributed by atoms with Crippen LogP contribution >= 0.6 is 22.9 Å². The van der Waals surface area contributed by atoms with E-state index in [-0.39, 0.29) is 5.91 Å². The Labute approximate surface area is 126 Å². The molecule has 0 fully saturated rings. The first-order chi connectivity index (χ1) is 9.56. The zero-order valence-electron chi connectivity index (χ0n) is 11.3. The maximum atomic E-state index is 12.2. The molecule has 0 spiro atoms. The van der Waals surface area contributed by atoms with Crippen molar-refractivity contribution in [2.24, 2.45) is 0 Å². The minimum absolute atomic E-state index is 0.183. The topological polar surface area (TPSA) is 47.6 Å². The fourth-order valence-corrected chi connectivity index (χ4v) is 2.80. The van der Waals surface area contributed by atoms with Crippen molar-refractivity contribution in [2.75, 3.05) is 19.5 Å². The van der Waals surface area contributed by atoms with E-state index < -0.39 is 0 Å². The monoisotopic (exact) mass is 311 g/mol. The smallest absolute Gasteiger partial charge is 0.266 e. The van der Waals surface area contributed by atoms with Crippen molar-refractivity contribution < 1.29 is 14.3 Å². The Morgan fingerprint density at radius 2 is 1.95 bits per heavy atom. The molecule has 0 saturated carbocycles. The maximum Gasteiger partial charge on any atom is 0.266 e. The number of rotatable bonds is 4. The van der Waals surface area contributed by atoms with E-state index in [2.05, 4.69) is 5.32 Å². The van der Waals surface area contributed by atoms with Crippen LogP contribution in [0.1, 0.15) is 15.2 Å². The molecule has 1 heterocycles. The number of aryl methyl sites for hydroxylation is 1. The number of halogens is 1. The highest BCUT2D eigenvalue weighted by molar-refractivity contribution is 7.12. The first-order valence-corrected chi connectivity index (χ1v) is 7.09. The van der Waals surface area contributed by atoms with Crippen molar-refractivity contribution in [3.63, 3.8) is 0 Å². The molecule has 1 amide bonds. The number of hydrogen-bond donors (Lipinski definition) is 1. The lowest BCUT2D eigenvalue weighted by atomic mass is 10.2. The lowest BCUT2D eigenvalue weighted by Crippen LogP contribution is -2.12. The van der Waals surface area contributed by atoms with Gasteiger partial charge in [-0.05, 0) is 30.0 Å². The Hall–Kier alpha value is -1.72. The third kappa shape index (κ3) is 2.89. The van der Waals surface area contributed by atoms with Crippen LogP contribution in [0.4, 0.5) is 5.69 Å². The molecule has 106 valence electrons. The SMILES string of the molecule is COc1cc(OC)c(NC(=O)c2sccc2C)cc1Cl. The highest BCUT2D eigenvalue weighted by Gasteiger charge is 2.15. The van der Waals surface area contributed by atoms with E-state index in [0.29, 0.717) is 27.1 Å². The van der Waals surface area contributed by atoms with E-state index in [1.165, 1.54) is 25.6 Å². The molecule has 0 aliphatic heterocycles. The first-order valence-electron chi connectivity index (χ1n) is 5.83. The van der Waals surface area contributed by atoms with Crippen molar-refractivity contribution in [1.82, 2.24) is 0 Å². The number of hydrogen-bond acceptors (Lipinski definition) is 4. The quantitative estimate of drug-likeness (QED) is 0.929. The molecule has 6 heteroatoms. The highest BCUT2D eigenvalue weighted by atomic mass is 35.5. The number of anilines is 1. The number of thiophene rings is 1. The summed E-state index contributed by atoms with van der Waals surface area (Å²) >= 11 is 7.46. The maximum absolute atomic E-state index is 12.2. The van der Waals surface area contributed by atoms with E-state index >= 15 is 0 Å². The summed E-state index contributed by atoms with van der Waals surface area (Å²) in [6, 6.07) is 5.15. The fraction of sp³-hybridized carbons (Fsp3) is 0.214. The Kier molecular flexibility index (Phi) is 4.52. The largest absolute Gasteiger partial charge is 0.495 e. The molecule has 0 unspecified atom stereocenters. The number of methoxy groups -OCH3 is 2. The summed E-state index contributed by atoms with van der Waals surface area (Å²) in [5, 5.41) is 5.09. The van der Waals surface area contributed by atoms with E-state index in [4.69, 9.17) is 21.1 Å². The zero-order valence-corrected chi connectivity index (χ0v) is 12.9. The summed E-state index contributed by atoms with van der Waals surface area (Å²) in [4.78, 5) is 12.9. The predicted octanol–water partition coefficient (Wildman–Crippen LogP) is 3.98. The van der Waals surface area contributed by atoms with Gasteiger partial charge in [0.2, 0.25) is 0 Å². The molecule has 1 N–H and O–H groups in total. The van der Waals surface area contributed by atoms with Gasteiger partial charge in [-0.25, -0.2) is 0 Å². The Bertz CT molecular complexity index is 639. The second kappa shape index (κ2) is 6.15. The molecular weight excluding hydrogens is 298 g/mol. The zero-order chi connectivity index (χ0) is 14.7. The molecule has 2 aromatic rings. The van der Waals surface area contributed by atoms with Crippen LogP contribution in [0.15, 0.2) is 23.6 Å². The first kappa shape index (κ1) is 14.7. The summed E-state index contributed by atoms with van der Waals surface area (Å²) in [6.07, 6.45) is 0. The van der Waals surface area contributed by atoms with Crippen LogP contribution in [0.3, 0.4) is 0 Å². The van der Waals surface area contributed by atoms with Gasteiger partial charge in [-0.2, -0.15) is 0 Å². The van der Waals surface area contributed by atoms with Crippen LogP contribution in [-0.4, -0.2) is 20.1 Å². The van der Waals surface area contributed by atoms with Gasteiger partial charge in [-0.15, -0.1) is 11.3 Å². The van der Waals surface area contributed by atoms with Crippen LogP contribution in [0.5, 0.6) is 11.5 Å². The standard InChI is InChI=1S/C14H14ClNO3S/c1-8-4-5-20-13(8)14(17)16-10-6-9(15)11(18-2)7-12(10)19-3/h4-7H,1-3H3,(H,16,17). The van der Waals surface area contributed by atoms with Gasteiger partial charge in [0.1, 0.15) is 11.5 Å². The molecule has 0 atom stereocenters. The summed E-state index contributed by atoms with van der Waals surface area (Å²) in [7, 11) is 3.04. The Morgan fingerprint density at radius 3 is 2.50 bits per heavy atom. The lowest BCUT2D eigenvalue weighted by Gasteiger charge is -2.12. The summed E-state index contributed by atoms with van der Waals surface area (Å²) in [5.41, 5.74) is 1.45. The minimum Gasteiger partial charge on any atom is -0.495 e. The highest BCUT2D eigenvalue weighted by Crippen LogP contribution is 2.36. The Morgan fingerprint density at radius 1 is 1.25 bits per heavy atom. The summed E-state index contributed by atoms with van der Waals surface area (Å²) in [5.74, 6) is 0.805. The molecule has 0 aliphatic carbocycles. The summed E-state index contributed by atoms with van der Waals surface area (Å²) in [6.45, 7) is 1.89. The molecule has 0 aliphatic rings. The van der Waals surface area contributed by atoms with Gasteiger partial charge in [-0.1, -0.05) is 11.6 Å². The second-order valence-corrected chi connectivity index (χ2v) is 5.40. The predicted molar refractivity (Wildman–Crippen MR) is 81.6 cm³/mol. The average molecular weight is 312 g/mol. The van der Waals surface area contributed by atoms with Gasteiger partial charge >= 0.3 is 0 Å². The van der Waals surface area contributed by atoms with Crippen molar-refractivity contribution in [2.45, 2.75) is 6.92 Å². The normalized spacial score (nSPS) is 10.2. The van der Waals surface area contributed by atoms with Gasteiger partial charge < -0.3 is 14.8 Å². The van der Waals surface area contributed by atoms with Crippen molar-refractivity contribution >= 4 is 34.5 Å².